The summed E-state index contributed by atoms with van der Waals surface area (Å²) in [6, 6.07) is 3.64. The average Bonchev–Trinajstić information content (AvgIpc) is 3.13. The molecule has 0 amide bonds. The van der Waals surface area contributed by atoms with Crippen molar-refractivity contribution in [2.75, 3.05) is 18.1 Å². The Morgan fingerprint density at radius 2 is 2.17 bits per heavy atom. The quantitative estimate of drug-likeness (QED) is 0.844. The summed E-state index contributed by atoms with van der Waals surface area (Å²) >= 11 is 0. The first-order valence-corrected chi connectivity index (χ1v) is 6.47. The molecule has 1 aromatic carbocycles. The SMILES string of the molecule is Cc1cc(N(CCO)C2CC2)c([C@@H](C)N)cc1F. The van der Waals surface area contributed by atoms with Crippen LogP contribution in [0, 0.1) is 12.7 Å². The highest BCUT2D eigenvalue weighted by Gasteiger charge is 2.30. The van der Waals surface area contributed by atoms with Gasteiger partial charge in [-0.1, -0.05) is 0 Å². The van der Waals surface area contributed by atoms with E-state index in [4.69, 9.17) is 5.73 Å². The van der Waals surface area contributed by atoms with Crippen LogP contribution in [0.2, 0.25) is 0 Å². The fourth-order valence-corrected chi connectivity index (χ4v) is 2.29. The standard InChI is InChI=1S/C14H21FN2O/c1-9-7-14(12(10(2)16)8-13(9)15)17(5-6-18)11-3-4-11/h7-8,10-11,18H,3-6,16H2,1-2H3/t10-/m1/s1. The lowest BCUT2D eigenvalue weighted by Gasteiger charge is -2.28. The number of anilines is 1. The van der Waals surface area contributed by atoms with E-state index in [1.807, 2.05) is 13.0 Å². The first-order valence-electron chi connectivity index (χ1n) is 6.47. The zero-order valence-electron chi connectivity index (χ0n) is 11.0. The monoisotopic (exact) mass is 252 g/mol. The minimum Gasteiger partial charge on any atom is -0.395 e. The lowest BCUT2D eigenvalue weighted by molar-refractivity contribution is 0.301. The summed E-state index contributed by atoms with van der Waals surface area (Å²) in [7, 11) is 0. The number of nitrogens with two attached hydrogens (primary N) is 1. The van der Waals surface area contributed by atoms with Gasteiger partial charge in [0.05, 0.1) is 6.61 Å². The number of halogens is 1. The van der Waals surface area contributed by atoms with Gasteiger partial charge in [0.15, 0.2) is 0 Å². The van der Waals surface area contributed by atoms with Gasteiger partial charge in [0.25, 0.3) is 0 Å². The second-order valence-corrected chi connectivity index (χ2v) is 5.10. The van der Waals surface area contributed by atoms with Crippen LogP contribution in [0.25, 0.3) is 0 Å². The summed E-state index contributed by atoms with van der Waals surface area (Å²) in [5.74, 6) is -0.217. The van der Waals surface area contributed by atoms with Crippen molar-refractivity contribution in [2.24, 2.45) is 5.73 Å². The van der Waals surface area contributed by atoms with Crippen LogP contribution in [-0.2, 0) is 0 Å². The first-order chi connectivity index (χ1) is 8.54. The molecule has 0 saturated heterocycles. The molecule has 1 aromatic rings. The summed E-state index contributed by atoms with van der Waals surface area (Å²) in [6.07, 6.45) is 2.27. The van der Waals surface area contributed by atoms with E-state index in [0.717, 1.165) is 24.1 Å². The van der Waals surface area contributed by atoms with Crippen molar-refractivity contribution >= 4 is 5.69 Å². The number of aliphatic hydroxyl groups is 1. The molecule has 1 saturated carbocycles. The Hall–Kier alpha value is -1.13. The lowest BCUT2D eigenvalue weighted by atomic mass is 10.0. The first kappa shape index (κ1) is 13.3. The average molecular weight is 252 g/mol. The Morgan fingerprint density at radius 3 is 2.67 bits per heavy atom. The number of rotatable bonds is 5. The zero-order chi connectivity index (χ0) is 13.3. The second-order valence-electron chi connectivity index (χ2n) is 5.10. The summed E-state index contributed by atoms with van der Waals surface area (Å²) in [4.78, 5) is 2.16. The molecular weight excluding hydrogens is 231 g/mol. The maximum Gasteiger partial charge on any atom is 0.126 e. The fraction of sp³-hybridized carbons (Fsp3) is 0.571. The predicted molar refractivity (Wildman–Crippen MR) is 71.2 cm³/mol. The van der Waals surface area contributed by atoms with Crippen molar-refractivity contribution < 1.29 is 9.50 Å². The third-order valence-corrected chi connectivity index (χ3v) is 3.44. The minimum atomic E-state index is -0.217. The van der Waals surface area contributed by atoms with Crippen LogP contribution in [0.5, 0.6) is 0 Å². The Morgan fingerprint density at radius 1 is 1.50 bits per heavy atom. The van der Waals surface area contributed by atoms with Crippen LogP contribution in [-0.4, -0.2) is 24.3 Å². The molecule has 4 heteroatoms. The van der Waals surface area contributed by atoms with Gasteiger partial charge in [0, 0.05) is 24.3 Å². The molecule has 0 heterocycles. The van der Waals surface area contributed by atoms with E-state index in [2.05, 4.69) is 4.90 Å². The lowest BCUT2D eigenvalue weighted by Crippen LogP contribution is -2.30. The van der Waals surface area contributed by atoms with Crippen molar-refractivity contribution in [1.82, 2.24) is 0 Å². The highest BCUT2D eigenvalue weighted by atomic mass is 19.1. The molecule has 3 N–H and O–H groups in total. The van der Waals surface area contributed by atoms with Crippen LogP contribution < -0.4 is 10.6 Å². The van der Waals surface area contributed by atoms with E-state index < -0.39 is 0 Å². The molecule has 0 spiro atoms. The van der Waals surface area contributed by atoms with Crippen LogP contribution in [0.3, 0.4) is 0 Å². The molecule has 2 rings (SSSR count). The van der Waals surface area contributed by atoms with E-state index in [1.54, 1.807) is 6.92 Å². The molecule has 0 bridgehead atoms. The molecule has 0 unspecified atom stereocenters. The van der Waals surface area contributed by atoms with Crippen molar-refractivity contribution in [2.45, 2.75) is 38.8 Å². The van der Waals surface area contributed by atoms with Crippen LogP contribution in [0.1, 0.15) is 36.9 Å². The second kappa shape index (κ2) is 5.24. The smallest absolute Gasteiger partial charge is 0.126 e. The van der Waals surface area contributed by atoms with Crippen molar-refractivity contribution in [1.29, 1.82) is 0 Å². The van der Waals surface area contributed by atoms with Gasteiger partial charge in [-0.3, -0.25) is 0 Å². The number of nitrogens with zero attached hydrogens (tertiary/aromatic N) is 1. The number of hydrogen-bond donors (Lipinski definition) is 2. The normalized spacial score (nSPS) is 16.7. The minimum absolute atomic E-state index is 0.102. The summed E-state index contributed by atoms with van der Waals surface area (Å²) in [6.45, 7) is 4.30. The molecule has 0 aliphatic heterocycles. The van der Waals surface area contributed by atoms with Crippen molar-refractivity contribution in [3.8, 4) is 0 Å². The van der Waals surface area contributed by atoms with E-state index in [9.17, 15) is 9.50 Å². The van der Waals surface area contributed by atoms with Crippen molar-refractivity contribution in [3.05, 3.63) is 29.1 Å². The molecule has 3 nitrogen and oxygen atoms in total. The third kappa shape index (κ3) is 2.65. The van der Waals surface area contributed by atoms with Crippen LogP contribution in [0.4, 0.5) is 10.1 Å². The van der Waals surface area contributed by atoms with Gasteiger partial charge in [-0.15, -0.1) is 0 Å². The van der Waals surface area contributed by atoms with Crippen molar-refractivity contribution in [3.63, 3.8) is 0 Å². The highest BCUT2D eigenvalue weighted by molar-refractivity contribution is 5.58. The molecule has 1 aliphatic rings. The largest absolute Gasteiger partial charge is 0.395 e. The Labute approximate surface area is 107 Å². The fourth-order valence-electron chi connectivity index (χ4n) is 2.29. The van der Waals surface area contributed by atoms with Gasteiger partial charge in [0.1, 0.15) is 5.82 Å². The molecule has 0 radical (unpaired) electrons. The molecule has 0 aromatic heterocycles. The third-order valence-electron chi connectivity index (χ3n) is 3.44. The number of benzene rings is 1. The van der Waals surface area contributed by atoms with Gasteiger partial charge in [-0.2, -0.15) is 0 Å². The van der Waals surface area contributed by atoms with Crippen LogP contribution in [0.15, 0.2) is 12.1 Å². The van der Waals surface area contributed by atoms with E-state index in [0.29, 0.717) is 18.2 Å². The number of aryl methyl sites for hydroxylation is 1. The van der Waals surface area contributed by atoms with Gasteiger partial charge in [0.2, 0.25) is 0 Å². The molecule has 1 fully saturated rings. The Balaban J connectivity index is 2.42. The van der Waals surface area contributed by atoms with Gasteiger partial charge < -0.3 is 15.7 Å². The predicted octanol–water partition coefficient (Wildman–Crippen LogP) is 2.11. The summed E-state index contributed by atoms with van der Waals surface area (Å²) in [5, 5.41) is 9.18. The maximum atomic E-state index is 13.7. The molecule has 18 heavy (non-hydrogen) atoms. The van der Waals surface area contributed by atoms with Gasteiger partial charge in [-0.25, -0.2) is 4.39 Å². The molecular formula is C14H21FN2O. The topological polar surface area (TPSA) is 49.5 Å². The summed E-state index contributed by atoms with van der Waals surface area (Å²) < 4.78 is 13.7. The number of aliphatic hydroxyl groups excluding tert-OH is 1. The zero-order valence-corrected chi connectivity index (χ0v) is 11.0. The summed E-state index contributed by atoms with van der Waals surface area (Å²) in [5.41, 5.74) is 8.35. The van der Waals surface area contributed by atoms with E-state index in [-0.39, 0.29) is 18.5 Å². The maximum absolute atomic E-state index is 13.7. The number of hydrogen-bond acceptors (Lipinski definition) is 3. The van der Waals surface area contributed by atoms with E-state index in [1.165, 1.54) is 6.07 Å². The van der Waals surface area contributed by atoms with Gasteiger partial charge in [-0.05, 0) is 49.9 Å². The Bertz CT molecular complexity index is 430. The van der Waals surface area contributed by atoms with Crippen LogP contribution >= 0.6 is 0 Å². The Kier molecular flexibility index (Phi) is 3.88. The van der Waals surface area contributed by atoms with Gasteiger partial charge >= 0.3 is 0 Å². The molecule has 100 valence electrons. The molecule has 1 aliphatic carbocycles. The van der Waals surface area contributed by atoms with E-state index >= 15 is 0 Å². The highest BCUT2D eigenvalue weighted by Crippen LogP contribution is 2.36. The molecule has 1 atom stereocenters.